The average Bonchev–Trinajstić information content (AvgIpc) is 2.89. The minimum atomic E-state index is -1.03. The van der Waals surface area contributed by atoms with E-state index in [1.807, 2.05) is 79.9 Å². The van der Waals surface area contributed by atoms with Gasteiger partial charge in [0.15, 0.2) is 0 Å². The molecular formula is C30H29NO4S. The number of fused-ring (bicyclic) bond motifs is 1. The second-order valence-corrected chi connectivity index (χ2v) is 9.62. The fourth-order valence-electron chi connectivity index (χ4n) is 4.13. The van der Waals surface area contributed by atoms with Gasteiger partial charge >= 0.3 is 5.97 Å². The molecule has 0 saturated heterocycles. The number of aliphatic carboxylic acids is 1. The molecule has 0 aromatic heterocycles. The molecule has 0 spiro atoms. The molecule has 0 fully saturated rings. The molecule has 36 heavy (non-hydrogen) atoms. The highest BCUT2D eigenvalue weighted by Crippen LogP contribution is 2.29. The Labute approximate surface area is 215 Å². The molecule has 4 aromatic rings. The van der Waals surface area contributed by atoms with Gasteiger partial charge in [0.2, 0.25) is 0 Å². The SMILES string of the molecule is CSCCC(NC(=O)c1ccc(COc2ccc3ccccc3c2)cc1-c1ccccc1C)C(=O)O. The third-order valence-corrected chi connectivity index (χ3v) is 6.75. The maximum Gasteiger partial charge on any atom is 0.326 e. The van der Waals surface area contributed by atoms with Gasteiger partial charge in [0, 0.05) is 5.56 Å². The van der Waals surface area contributed by atoms with E-state index in [1.54, 1.807) is 17.8 Å². The number of benzene rings is 4. The van der Waals surface area contributed by atoms with Crippen LogP contribution >= 0.6 is 11.8 Å². The van der Waals surface area contributed by atoms with Crippen LogP contribution in [0.3, 0.4) is 0 Å². The Balaban J connectivity index is 1.61. The van der Waals surface area contributed by atoms with E-state index in [-0.39, 0.29) is 0 Å². The number of carboxylic acids is 1. The van der Waals surface area contributed by atoms with Crippen molar-refractivity contribution < 1.29 is 19.4 Å². The molecule has 0 saturated carbocycles. The van der Waals surface area contributed by atoms with E-state index in [9.17, 15) is 14.7 Å². The van der Waals surface area contributed by atoms with Gasteiger partial charge in [0.05, 0.1) is 0 Å². The van der Waals surface area contributed by atoms with Crippen molar-refractivity contribution in [1.82, 2.24) is 5.32 Å². The second-order valence-electron chi connectivity index (χ2n) is 8.64. The molecule has 0 aliphatic heterocycles. The first-order valence-electron chi connectivity index (χ1n) is 11.8. The normalized spacial score (nSPS) is 11.7. The van der Waals surface area contributed by atoms with E-state index >= 15 is 0 Å². The van der Waals surface area contributed by atoms with E-state index < -0.39 is 17.9 Å². The molecule has 0 bridgehead atoms. The number of carbonyl (C=O) groups excluding carboxylic acids is 1. The molecule has 1 unspecified atom stereocenters. The monoisotopic (exact) mass is 499 g/mol. The summed E-state index contributed by atoms with van der Waals surface area (Å²) in [7, 11) is 0. The first-order chi connectivity index (χ1) is 17.5. The Morgan fingerprint density at radius 3 is 2.42 bits per heavy atom. The van der Waals surface area contributed by atoms with E-state index in [2.05, 4.69) is 17.4 Å². The predicted molar refractivity (Wildman–Crippen MR) is 147 cm³/mol. The van der Waals surface area contributed by atoms with Gasteiger partial charge in [0.25, 0.3) is 5.91 Å². The number of hydrogen-bond donors (Lipinski definition) is 2. The van der Waals surface area contributed by atoms with Gasteiger partial charge in [-0.25, -0.2) is 4.79 Å². The van der Waals surface area contributed by atoms with Crippen molar-refractivity contribution in [3.8, 4) is 16.9 Å². The third kappa shape index (κ3) is 6.07. The topological polar surface area (TPSA) is 75.6 Å². The largest absolute Gasteiger partial charge is 0.489 e. The Kier molecular flexibility index (Phi) is 8.28. The predicted octanol–water partition coefficient (Wildman–Crippen LogP) is 6.33. The molecule has 2 N–H and O–H groups in total. The summed E-state index contributed by atoms with van der Waals surface area (Å²) >= 11 is 1.55. The van der Waals surface area contributed by atoms with E-state index in [4.69, 9.17) is 4.74 Å². The molecular weight excluding hydrogens is 470 g/mol. The lowest BCUT2D eigenvalue weighted by atomic mass is 9.93. The zero-order valence-corrected chi connectivity index (χ0v) is 21.2. The van der Waals surface area contributed by atoms with Crippen LogP contribution in [0.1, 0.15) is 27.9 Å². The summed E-state index contributed by atoms with van der Waals surface area (Å²) in [4.78, 5) is 24.9. The number of amides is 1. The quantitative estimate of drug-likeness (QED) is 0.267. The summed E-state index contributed by atoms with van der Waals surface area (Å²) in [6, 6.07) is 26.6. The average molecular weight is 500 g/mol. The molecule has 5 nitrogen and oxygen atoms in total. The first-order valence-corrected chi connectivity index (χ1v) is 13.2. The van der Waals surface area contributed by atoms with Gasteiger partial charge in [-0.3, -0.25) is 4.79 Å². The molecule has 1 amide bonds. The Morgan fingerprint density at radius 2 is 1.67 bits per heavy atom. The Bertz CT molecular complexity index is 1380. The van der Waals surface area contributed by atoms with Crippen molar-refractivity contribution in [2.75, 3.05) is 12.0 Å². The van der Waals surface area contributed by atoms with Crippen LogP contribution in [-0.2, 0) is 11.4 Å². The van der Waals surface area contributed by atoms with Crippen LogP contribution in [0.2, 0.25) is 0 Å². The van der Waals surface area contributed by atoms with E-state index in [0.29, 0.717) is 24.3 Å². The lowest BCUT2D eigenvalue weighted by molar-refractivity contribution is -0.139. The maximum atomic E-state index is 13.2. The van der Waals surface area contributed by atoms with Crippen molar-refractivity contribution in [3.63, 3.8) is 0 Å². The number of carbonyl (C=O) groups is 2. The molecule has 6 heteroatoms. The van der Waals surface area contributed by atoms with Crippen molar-refractivity contribution in [3.05, 3.63) is 102 Å². The number of aryl methyl sites for hydroxylation is 1. The van der Waals surface area contributed by atoms with Gasteiger partial charge < -0.3 is 15.2 Å². The van der Waals surface area contributed by atoms with Crippen molar-refractivity contribution in [2.45, 2.75) is 26.0 Å². The molecule has 1 atom stereocenters. The van der Waals surface area contributed by atoms with Crippen LogP contribution in [0.5, 0.6) is 5.75 Å². The maximum absolute atomic E-state index is 13.2. The molecule has 0 radical (unpaired) electrons. The number of ether oxygens (including phenoxy) is 1. The van der Waals surface area contributed by atoms with E-state index in [0.717, 1.165) is 38.8 Å². The molecule has 0 heterocycles. The molecule has 184 valence electrons. The minimum absolute atomic E-state index is 0.338. The highest BCUT2D eigenvalue weighted by atomic mass is 32.2. The minimum Gasteiger partial charge on any atom is -0.489 e. The van der Waals surface area contributed by atoms with Crippen LogP contribution in [-0.4, -0.2) is 35.0 Å². The standard InChI is InChI=1S/C30H29NO4S/c1-20-7-3-6-10-25(20)27-17-21(19-35-24-13-12-22-8-4-5-9-23(22)18-24)11-14-26(27)29(32)31-28(30(33)34)15-16-36-2/h3-14,17-18,28H,15-16,19H2,1-2H3,(H,31,32)(H,33,34). The van der Waals surface area contributed by atoms with Gasteiger partial charge in [-0.05, 0) is 82.6 Å². The van der Waals surface area contributed by atoms with Crippen molar-refractivity contribution >= 4 is 34.4 Å². The summed E-state index contributed by atoms with van der Waals surface area (Å²) in [5, 5.41) is 14.5. The fourth-order valence-corrected chi connectivity index (χ4v) is 4.60. The van der Waals surface area contributed by atoms with Gasteiger partial charge in [-0.15, -0.1) is 0 Å². The van der Waals surface area contributed by atoms with Crippen LogP contribution in [0, 0.1) is 6.92 Å². The lowest BCUT2D eigenvalue weighted by Gasteiger charge is -2.18. The van der Waals surface area contributed by atoms with Crippen LogP contribution in [0.4, 0.5) is 0 Å². The van der Waals surface area contributed by atoms with Gasteiger partial charge in [-0.2, -0.15) is 11.8 Å². The molecule has 4 aromatic carbocycles. The summed E-state index contributed by atoms with van der Waals surface area (Å²) in [5.74, 6) is -0.0162. The van der Waals surface area contributed by atoms with Crippen molar-refractivity contribution in [1.29, 1.82) is 0 Å². The first kappa shape index (κ1) is 25.3. The zero-order chi connectivity index (χ0) is 25.5. The summed E-state index contributed by atoms with van der Waals surface area (Å²) in [6.07, 6.45) is 2.27. The van der Waals surface area contributed by atoms with Gasteiger partial charge in [0.1, 0.15) is 18.4 Å². The number of carboxylic acid groups (broad SMARTS) is 1. The summed E-state index contributed by atoms with van der Waals surface area (Å²) in [5.41, 5.74) is 4.05. The summed E-state index contributed by atoms with van der Waals surface area (Å²) in [6.45, 7) is 2.33. The van der Waals surface area contributed by atoms with Crippen LogP contribution in [0.25, 0.3) is 21.9 Å². The Morgan fingerprint density at radius 1 is 0.917 bits per heavy atom. The number of rotatable bonds is 10. The second kappa shape index (κ2) is 11.8. The Hall–Kier alpha value is -3.77. The lowest BCUT2D eigenvalue weighted by Crippen LogP contribution is -2.41. The van der Waals surface area contributed by atoms with Crippen LogP contribution in [0.15, 0.2) is 84.9 Å². The van der Waals surface area contributed by atoms with Crippen molar-refractivity contribution in [2.24, 2.45) is 0 Å². The van der Waals surface area contributed by atoms with E-state index in [1.165, 1.54) is 0 Å². The third-order valence-electron chi connectivity index (χ3n) is 6.10. The molecule has 4 rings (SSSR count). The highest BCUT2D eigenvalue weighted by molar-refractivity contribution is 7.98. The summed E-state index contributed by atoms with van der Waals surface area (Å²) < 4.78 is 6.08. The number of thioether (sulfide) groups is 1. The highest BCUT2D eigenvalue weighted by Gasteiger charge is 2.22. The zero-order valence-electron chi connectivity index (χ0n) is 20.4. The van der Waals surface area contributed by atoms with Gasteiger partial charge in [-0.1, -0.05) is 60.7 Å². The number of hydrogen-bond acceptors (Lipinski definition) is 4. The molecule has 0 aliphatic carbocycles. The molecule has 0 aliphatic rings. The fraction of sp³-hybridized carbons (Fsp3) is 0.200. The van der Waals surface area contributed by atoms with Crippen LogP contribution < -0.4 is 10.1 Å². The smallest absolute Gasteiger partial charge is 0.326 e. The number of nitrogens with one attached hydrogen (secondary N) is 1.